The Bertz CT molecular complexity index is 1060. The predicted molar refractivity (Wildman–Crippen MR) is 115 cm³/mol. The fourth-order valence-electron chi connectivity index (χ4n) is 2.74. The van der Waals surface area contributed by atoms with Crippen LogP contribution in [0.2, 0.25) is 0 Å². The summed E-state index contributed by atoms with van der Waals surface area (Å²) in [6.07, 6.45) is 4.33. The molecule has 0 radical (unpaired) electrons. The molecule has 0 aliphatic carbocycles. The topological polar surface area (TPSA) is 88.6 Å². The second-order valence-electron chi connectivity index (χ2n) is 6.67. The van der Waals surface area contributed by atoms with Gasteiger partial charge in [0.25, 0.3) is 0 Å². The Balaban J connectivity index is 1.62. The smallest absolute Gasteiger partial charge is 0.241 e. The van der Waals surface area contributed by atoms with Gasteiger partial charge in [-0.1, -0.05) is 30.3 Å². The summed E-state index contributed by atoms with van der Waals surface area (Å²) in [6, 6.07) is 19.9. The Kier molecular flexibility index (Phi) is 7.03. The van der Waals surface area contributed by atoms with Crippen LogP contribution in [0.15, 0.2) is 79.1 Å². The van der Waals surface area contributed by atoms with E-state index in [0.717, 1.165) is 21.7 Å². The van der Waals surface area contributed by atoms with Crippen LogP contribution >= 0.6 is 0 Å². The van der Waals surface area contributed by atoms with E-state index in [2.05, 4.69) is 10.3 Å². The maximum atomic E-state index is 12.3. The van der Waals surface area contributed by atoms with E-state index in [4.69, 9.17) is 4.74 Å². The molecule has 0 unspecified atom stereocenters. The van der Waals surface area contributed by atoms with Crippen LogP contribution in [-0.4, -0.2) is 32.1 Å². The number of carbonyl (C=O) groups excluding carboxylic acids is 1. The summed E-state index contributed by atoms with van der Waals surface area (Å²) in [6.45, 7) is 0.396. The van der Waals surface area contributed by atoms with Gasteiger partial charge in [0.1, 0.15) is 18.9 Å². The second kappa shape index (κ2) is 9.89. The number of anilines is 1. The maximum absolute atomic E-state index is 12.3. The lowest BCUT2D eigenvalue weighted by Crippen LogP contribution is -2.40. The summed E-state index contributed by atoms with van der Waals surface area (Å²) in [5, 5.41) is 2.72. The molecule has 0 atom stereocenters. The van der Waals surface area contributed by atoms with Gasteiger partial charge in [-0.2, -0.15) is 0 Å². The van der Waals surface area contributed by atoms with Crippen molar-refractivity contribution in [3.8, 4) is 5.75 Å². The van der Waals surface area contributed by atoms with E-state index < -0.39 is 15.9 Å². The molecule has 1 N–H and O–H groups in total. The van der Waals surface area contributed by atoms with Crippen molar-refractivity contribution in [3.63, 3.8) is 0 Å². The number of rotatable bonds is 9. The summed E-state index contributed by atoms with van der Waals surface area (Å²) in [5.41, 5.74) is 2.30. The molecule has 1 aromatic heterocycles. The van der Waals surface area contributed by atoms with Crippen molar-refractivity contribution in [3.05, 3.63) is 90.3 Å². The summed E-state index contributed by atoms with van der Waals surface area (Å²) in [4.78, 5) is 16.2. The molecule has 0 fully saturated rings. The molecular weight excluding hydrogens is 402 g/mol. The summed E-state index contributed by atoms with van der Waals surface area (Å²) in [7, 11) is -3.64. The zero-order valence-electron chi connectivity index (χ0n) is 16.6. The largest absolute Gasteiger partial charge is 0.489 e. The first-order valence-corrected chi connectivity index (χ1v) is 11.2. The van der Waals surface area contributed by atoms with E-state index >= 15 is 0 Å². The van der Waals surface area contributed by atoms with Gasteiger partial charge in [0.2, 0.25) is 15.9 Å². The van der Waals surface area contributed by atoms with Crippen molar-refractivity contribution < 1.29 is 17.9 Å². The normalized spacial score (nSPS) is 11.0. The maximum Gasteiger partial charge on any atom is 0.241 e. The minimum absolute atomic E-state index is 0.297. The molecule has 0 bridgehead atoms. The van der Waals surface area contributed by atoms with E-state index in [9.17, 15) is 13.2 Å². The molecule has 7 nitrogen and oxygen atoms in total. The number of sulfonamides is 1. The molecule has 156 valence electrons. The highest BCUT2D eigenvalue weighted by Crippen LogP contribution is 2.22. The molecule has 0 aliphatic rings. The molecule has 1 amide bonds. The molecular formula is C22H23N3O4S. The Labute approximate surface area is 176 Å². The highest BCUT2D eigenvalue weighted by atomic mass is 32.2. The van der Waals surface area contributed by atoms with Gasteiger partial charge in [-0.25, -0.2) is 8.42 Å². The summed E-state index contributed by atoms with van der Waals surface area (Å²) in [5.74, 6) is 0.208. The molecule has 3 rings (SSSR count). The predicted octanol–water partition coefficient (Wildman–Crippen LogP) is 2.74. The van der Waals surface area contributed by atoms with E-state index in [1.165, 1.54) is 0 Å². The number of hydrogen-bond donors (Lipinski definition) is 1. The van der Waals surface area contributed by atoms with Gasteiger partial charge >= 0.3 is 0 Å². The molecule has 1 heterocycles. The van der Waals surface area contributed by atoms with Crippen molar-refractivity contribution in [1.29, 1.82) is 0 Å². The zero-order valence-corrected chi connectivity index (χ0v) is 17.4. The fraction of sp³-hybridized carbons (Fsp3) is 0.182. The van der Waals surface area contributed by atoms with Crippen LogP contribution < -0.4 is 14.4 Å². The molecule has 3 aromatic rings. The summed E-state index contributed by atoms with van der Waals surface area (Å²) >= 11 is 0. The van der Waals surface area contributed by atoms with Crippen molar-refractivity contribution in [2.45, 2.75) is 13.2 Å². The minimum Gasteiger partial charge on any atom is -0.489 e. The van der Waals surface area contributed by atoms with Crippen molar-refractivity contribution in [2.75, 3.05) is 17.1 Å². The van der Waals surface area contributed by atoms with E-state index in [-0.39, 0.29) is 6.54 Å². The average molecular weight is 426 g/mol. The van der Waals surface area contributed by atoms with Crippen LogP contribution in [0.1, 0.15) is 11.1 Å². The first-order valence-electron chi connectivity index (χ1n) is 9.32. The number of ether oxygens (including phenoxy) is 1. The number of nitrogens with one attached hydrogen (secondary N) is 1. The lowest BCUT2D eigenvalue weighted by atomic mass is 10.2. The number of hydrogen-bond acceptors (Lipinski definition) is 5. The van der Waals surface area contributed by atoms with Gasteiger partial charge in [-0.05, 0) is 47.5 Å². The van der Waals surface area contributed by atoms with E-state index in [0.29, 0.717) is 24.6 Å². The lowest BCUT2D eigenvalue weighted by molar-refractivity contribution is -0.119. The molecule has 0 saturated carbocycles. The van der Waals surface area contributed by atoms with Gasteiger partial charge in [0, 0.05) is 18.9 Å². The van der Waals surface area contributed by atoms with Crippen LogP contribution in [0, 0.1) is 0 Å². The first-order chi connectivity index (χ1) is 14.4. The third-order valence-corrected chi connectivity index (χ3v) is 5.44. The van der Waals surface area contributed by atoms with Crippen LogP contribution in [0.5, 0.6) is 5.75 Å². The first kappa shape index (κ1) is 21.3. The quantitative estimate of drug-likeness (QED) is 0.570. The summed E-state index contributed by atoms with van der Waals surface area (Å²) < 4.78 is 31.3. The minimum atomic E-state index is -3.64. The Morgan fingerprint density at radius 2 is 1.63 bits per heavy atom. The Morgan fingerprint density at radius 3 is 2.27 bits per heavy atom. The second-order valence-corrected chi connectivity index (χ2v) is 8.58. The molecule has 2 aromatic carbocycles. The molecule has 8 heteroatoms. The van der Waals surface area contributed by atoms with Crippen LogP contribution in [-0.2, 0) is 28.0 Å². The molecule has 0 saturated heterocycles. The number of pyridine rings is 1. The molecule has 0 aliphatic heterocycles. The van der Waals surface area contributed by atoms with Crippen molar-refractivity contribution >= 4 is 21.6 Å². The highest BCUT2D eigenvalue weighted by Gasteiger charge is 2.20. The fourth-order valence-corrected chi connectivity index (χ4v) is 3.59. The third-order valence-electron chi connectivity index (χ3n) is 4.30. The molecule has 0 spiro atoms. The van der Waals surface area contributed by atoms with E-state index in [1.54, 1.807) is 48.8 Å². The van der Waals surface area contributed by atoms with Crippen LogP contribution in [0.25, 0.3) is 0 Å². The number of carbonyl (C=O) groups is 1. The van der Waals surface area contributed by atoms with Crippen LogP contribution in [0.3, 0.4) is 0 Å². The van der Waals surface area contributed by atoms with Crippen molar-refractivity contribution in [2.24, 2.45) is 0 Å². The lowest BCUT2D eigenvalue weighted by Gasteiger charge is -2.22. The van der Waals surface area contributed by atoms with Gasteiger partial charge in [-0.15, -0.1) is 0 Å². The van der Waals surface area contributed by atoms with Crippen molar-refractivity contribution in [1.82, 2.24) is 10.3 Å². The van der Waals surface area contributed by atoms with Gasteiger partial charge < -0.3 is 10.1 Å². The van der Waals surface area contributed by atoms with Gasteiger partial charge in [-0.3, -0.25) is 14.1 Å². The standard InChI is InChI=1S/C22H23N3O4S/c1-30(27,28)25(16-22(26)24-15-18-11-13-23-14-12-18)20-7-9-21(10-8-20)29-17-19-5-3-2-4-6-19/h2-14H,15-17H2,1H3,(H,24,26). The van der Waals surface area contributed by atoms with E-state index in [1.807, 2.05) is 30.3 Å². The number of nitrogens with zero attached hydrogens (tertiary/aromatic N) is 2. The molecule has 30 heavy (non-hydrogen) atoms. The monoisotopic (exact) mass is 425 g/mol. The van der Waals surface area contributed by atoms with Gasteiger partial charge in [0.05, 0.1) is 11.9 Å². The Hall–Kier alpha value is -3.39. The number of aromatic nitrogens is 1. The number of amides is 1. The third kappa shape index (κ3) is 6.31. The zero-order chi connectivity index (χ0) is 21.4. The number of benzene rings is 2. The van der Waals surface area contributed by atoms with Crippen LogP contribution in [0.4, 0.5) is 5.69 Å². The average Bonchev–Trinajstić information content (AvgIpc) is 2.76. The SMILES string of the molecule is CS(=O)(=O)N(CC(=O)NCc1ccncc1)c1ccc(OCc2ccccc2)cc1. The highest BCUT2D eigenvalue weighted by molar-refractivity contribution is 7.92. The Morgan fingerprint density at radius 1 is 0.967 bits per heavy atom. The van der Waals surface area contributed by atoms with Gasteiger partial charge in [0.15, 0.2) is 0 Å².